The second kappa shape index (κ2) is 12.2. The van der Waals surface area contributed by atoms with Crippen molar-refractivity contribution in [3.8, 4) is 17.2 Å². The number of nitrogens with one attached hydrogen (secondary N) is 2. The number of aromatic hydroxyl groups is 1. The quantitative estimate of drug-likeness (QED) is 0.182. The van der Waals surface area contributed by atoms with Crippen LogP contribution in [0.4, 0.5) is 16.2 Å². The molecule has 1 fully saturated rings. The zero-order chi connectivity index (χ0) is 29.0. The summed E-state index contributed by atoms with van der Waals surface area (Å²) in [6.45, 7) is 5.70. The van der Waals surface area contributed by atoms with Crippen molar-refractivity contribution >= 4 is 63.8 Å². The molecule has 1 aliphatic rings. The third-order valence-electron chi connectivity index (χ3n) is 6.08. The van der Waals surface area contributed by atoms with Crippen molar-refractivity contribution in [2.45, 2.75) is 20.8 Å². The van der Waals surface area contributed by atoms with Gasteiger partial charge in [-0.25, -0.2) is 9.69 Å². The molecule has 0 atom stereocenters. The molecule has 1 heterocycles. The van der Waals surface area contributed by atoms with E-state index in [-0.39, 0.29) is 29.5 Å². The van der Waals surface area contributed by atoms with Gasteiger partial charge >= 0.3 is 6.03 Å². The molecule has 40 heavy (non-hydrogen) atoms. The third kappa shape index (κ3) is 6.25. The summed E-state index contributed by atoms with van der Waals surface area (Å²) in [5, 5.41) is 14.5. The van der Waals surface area contributed by atoms with E-state index in [9.17, 15) is 24.3 Å². The summed E-state index contributed by atoms with van der Waals surface area (Å²) >= 11 is 2.02. The minimum Gasteiger partial charge on any atom is -0.508 e. The average molecular weight is 655 g/mol. The molecule has 0 saturated carbocycles. The smallest absolute Gasteiger partial charge is 0.335 e. The number of anilines is 2. The van der Waals surface area contributed by atoms with Crippen LogP contribution >= 0.6 is 22.6 Å². The molecule has 3 aromatic rings. The number of phenolic OH excluding ortho intramolecular Hbond substituents is 1. The summed E-state index contributed by atoms with van der Waals surface area (Å²) in [7, 11) is 0. The van der Waals surface area contributed by atoms with Crippen molar-refractivity contribution in [3.63, 3.8) is 0 Å². The number of nitrogens with zero attached hydrogens (tertiary/aromatic N) is 1. The highest BCUT2D eigenvalue weighted by molar-refractivity contribution is 14.1. The first kappa shape index (κ1) is 28.6. The van der Waals surface area contributed by atoms with Crippen LogP contribution in [0.5, 0.6) is 17.2 Å². The zero-order valence-electron chi connectivity index (χ0n) is 21.9. The van der Waals surface area contributed by atoms with Gasteiger partial charge in [0.2, 0.25) is 0 Å². The van der Waals surface area contributed by atoms with Crippen LogP contribution in [-0.4, -0.2) is 42.1 Å². The summed E-state index contributed by atoms with van der Waals surface area (Å²) in [6, 6.07) is 13.4. The minimum absolute atomic E-state index is 0.0384. The van der Waals surface area contributed by atoms with E-state index in [1.165, 1.54) is 30.3 Å². The molecule has 0 bridgehead atoms. The Hall–Kier alpha value is -4.39. The Labute approximate surface area is 244 Å². The highest BCUT2D eigenvalue weighted by Gasteiger charge is 2.37. The molecule has 10 nitrogen and oxygen atoms in total. The first-order valence-corrected chi connectivity index (χ1v) is 13.3. The Morgan fingerprint density at radius 2 is 1.80 bits per heavy atom. The van der Waals surface area contributed by atoms with Crippen molar-refractivity contribution < 1.29 is 33.8 Å². The molecule has 5 amide bonds. The fraction of sp³-hybridized carbons (Fsp3) is 0.172. The fourth-order valence-corrected chi connectivity index (χ4v) is 4.73. The lowest BCUT2D eigenvalue weighted by molar-refractivity contribution is -0.122. The highest BCUT2D eigenvalue weighted by Crippen LogP contribution is 2.35. The summed E-state index contributed by atoms with van der Waals surface area (Å²) < 4.78 is 12.1. The standard InChI is InChI=1S/C29H26IN3O7/c1-4-39-24-14-18(12-21-27(36)32-29(38)33(28(21)37)19-8-10-20(34)11-9-19)13-22(30)26(24)40-15-25(35)31-23-7-5-6-16(2)17(23)3/h5-14,34H,4,15H2,1-3H3,(H,31,35)(H,32,36,38)/b21-12-. The number of ether oxygens (including phenoxy) is 2. The number of phenols is 1. The number of barbiturate groups is 1. The number of halogens is 1. The van der Waals surface area contributed by atoms with Gasteiger partial charge in [0, 0.05) is 5.69 Å². The highest BCUT2D eigenvalue weighted by atomic mass is 127. The van der Waals surface area contributed by atoms with Gasteiger partial charge in [-0.3, -0.25) is 19.7 Å². The van der Waals surface area contributed by atoms with Crippen LogP contribution in [0.2, 0.25) is 0 Å². The van der Waals surface area contributed by atoms with E-state index >= 15 is 0 Å². The van der Waals surface area contributed by atoms with Gasteiger partial charge in [0.1, 0.15) is 11.3 Å². The summed E-state index contributed by atoms with van der Waals surface area (Å²) in [5.74, 6) is -1.40. The molecule has 4 rings (SSSR count). The van der Waals surface area contributed by atoms with E-state index in [0.717, 1.165) is 16.0 Å². The minimum atomic E-state index is -0.898. The molecule has 1 saturated heterocycles. The van der Waals surface area contributed by atoms with Crippen LogP contribution in [0.25, 0.3) is 6.08 Å². The Morgan fingerprint density at radius 3 is 2.50 bits per heavy atom. The van der Waals surface area contributed by atoms with Crippen molar-refractivity contribution in [1.29, 1.82) is 0 Å². The van der Waals surface area contributed by atoms with Gasteiger partial charge < -0.3 is 19.9 Å². The number of hydrogen-bond acceptors (Lipinski definition) is 7. The molecular weight excluding hydrogens is 629 g/mol. The van der Waals surface area contributed by atoms with E-state index in [2.05, 4.69) is 10.6 Å². The third-order valence-corrected chi connectivity index (χ3v) is 6.88. The Bertz CT molecular complexity index is 1530. The normalized spacial score (nSPS) is 14.2. The first-order valence-electron chi connectivity index (χ1n) is 12.2. The maximum atomic E-state index is 13.2. The maximum Gasteiger partial charge on any atom is 0.335 e. The molecule has 0 aromatic heterocycles. The second-order valence-electron chi connectivity index (χ2n) is 8.82. The Balaban J connectivity index is 1.58. The van der Waals surface area contributed by atoms with Crippen LogP contribution in [0.1, 0.15) is 23.6 Å². The van der Waals surface area contributed by atoms with Crippen molar-refractivity contribution in [2.24, 2.45) is 0 Å². The average Bonchev–Trinajstić information content (AvgIpc) is 2.90. The predicted octanol–water partition coefficient (Wildman–Crippen LogP) is 4.70. The van der Waals surface area contributed by atoms with Gasteiger partial charge in [0.25, 0.3) is 17.7 Å². The number of benzene rings is 3. The molecule has 0 radical (unpaired) electrons. The van der Waals surface area contributed by atoms with E-state index < -0.39 is 17.8 Å². The summed E-state index contributed by atoms with van der Waals surface area (Å²) in [6.07, 6.45) is 1.35. The van der Waals surface area contributed by atoms with Crippen LogP contribution in [0.15, 0.2) is 60.2 Å². The first-order chi connectivity index (χ1) is 19.1. The molecule has 11 heteroatoms. The maximum absolute atomic E-state index is 13.2. The van der Waals surface area contributed by atoms with Crippen LogP contribution < -0.4 is 25.0 Å². The number of aryl methyl sites for hydroxylation is 1. The van der Waals surface area contributed by atoms with Gasteiger partial charge in [0.15, 0.2) is 18.1 Å². The van der Waals surface area contributed by atoms with Gasteiger partial charge in [-0.1, -0.05) is 12.1 Å². The van der Waals surface area contributed by atoms with Gasteiger partial charge in [-0.05, 0) is 109 Å². The van der Waals surface area contributed by atoms with E-state index in [1.54, 1.807) is 19.1 Å². The monoisotopic (exact) mass is 655 g/mol. The predicted molar refractivity (Wildman–Crippen MR) is 157 cm³/mol. The van der Waals surface area contributed by atoms with Gasteiger partial charge in [0.05, 0.1) is 15.9 Å². The fourth-order valence-electron chi connectivity index (χ4n) is 3.95. The largest absolute Gasteiger partial charge is 0.508 e. The molecular formula is C29H26IN3O7. The topological polar surface area (TPSA) is 134 Å². The zero-order valence-corrected chi connectivity index (χ0v) is 24.1. The van der Waals surface area contributed by atoms with Crippen molar-refractivity contribution in [3.05, 3.63) is 80.4 Å². The number of carbonyl (C=O) groups is 4. The van der Waals surface area contributed by atoms with Crippen molar-refractivity contribution in [2.75, 3.05) is 23.4 Å². The molecule has 0 spiro atoms. The summed E-state index contributed by atoms with van der Waals surface area (Å²) in [4.78, 5) is 51.6. The molecule has 1 aliphatic heterocycles. The lowest BCUT2D eigenvalue weighted by Crippen LogP contribution is -2.54. The number of hydrogen-bond donors (Lipinski definition) is 3. The summed E-state index contributed by atoms with van der Waals surface area (Å²) in [5.41, 5.74) is 3.07. The molecule has 3 aromatic carbocycles. The van der Waals surface area contributed by atoms with Gasteiger partial charge in [-0.2, -0.15) is 0 Å². The molecule has 206 valence electrons. The van der Waals surface area contributed by atoms with Crippen LogP contribution in [0.3, 0.4) is 0 Å². The van der Waals surface area contributed by atoms with E-state index in [4.69, 9.17) is 9.47 Å². The number of amides is 5. The van der Waals surface area contributed by atoms with Crippen LogP contribution in [-0.2, 0) is 14.4 Å². The lowest BCUT2D eigenvalue weighted by atomic mass is 10.1. The molecule has 0 unspecified atom stereocenters. The van der Waals surface area contributed by atoms with E-state index in [0.29, 0.717) is 32.9 Å². The Kier molecular flexibility index (Phi) is 8.73. The lowest BCUT2D eigenvalue weighted by Gasteiger charge is -2.26. The number of urea groups is 1. The molecule has 3 N–H and O–H groups in total. The molecule has 0 aliphatic carbocycles. The SMILES string of the molecule is CCOc1cc(/C=C2/C(=O)NC(=O)N(c3ccc(O)cc3)C2=O)cc(I)c1OCC(=O)Nc1cccc(C)c1C. The second-order valence-corrected chi connectivity index (χ2v) is 9.98. The number of rotatable bonds is 8. The number of carbonyl (C=O) groups excluding carboxylic acids is 4. The van der Waals surface area contributed by atoms with E-state index in [1.807, 2.05) is 54.6 Å². The van der Waals surface area contributed by atoms with Crippen LogP contribution in [0, 0.1) is 17.4 Å². The number of imide groups is 2. The van der Waals surface area contributed by atoms with Gasteiger partial charge in [-0.15, -0.1) is 0 Å². The Morgan fingerprint density at radius 1 is 1.07 bits per heavy atom. The van der Waals surface area contributed by atoms with Crippen molar-refractivity contribution in [1.82, 2.24) is 5.32 Å².